The summed E-state index contributed by atoms with van der Waals surface area (Å²) in [6.07, 6.45) is 5.34. The zero-order valence-corrected chi connectivity index (χ0v) is 12.2. The maximum absolute atomic E-state index is 12.2. The van der Waals surface area contributed by atoms with Crippen molar-refractivity contribution < 1.29 is 14.7 Å². The summed E-state index contributed by atoms with van der Waals surface area (Å²) in [5.74, 6) is -0.817. The summed E-state index contributed by atoms with van der Waals surface area (Å²) >= 11 is 1.38. The summed E-state index contributed by atoms with van der Waals surface area (Å²) < 4.78 is 0. The van der Waals surface area contributed by atoms with Crippen molar-refractivity contribution in [2.75, 3.05) is 0 Å². The van der Waals surface area contributed by atoms with Crippen molar-refractivity contribution in [2.45, 2.75) is 38.6 Å². The quantitative estimate of drug-likeness (QED) is 0.889. The maximum atomic E-state index is 12.2. The number of aliphatic carboxylic acids is 1. The van der Waals surface area contributed by atoms with Crippen LogP contribution in [0.1, 0.15) is 40.9 Å². The van der Waals surface area contributed by atoms with Gasteiger partial charge < -0.3 is 10.4 Å². The van der Waals surface area contributed by atoms with E-state index in [2.05, 4.69) is 10.3 Å². The van der Waals surface area contributed by atoms with Gasteiger partial charge in [-0.3, -0.25) is 9.59 Å². The normalized spacial score (nSPS) is 31.4. The van der Waals surface area contributed by atoms with Gasteiger partial charge in [-0.25, -0.2) is 4.98 Å². The van der Waals surface area contributed by atoms with Crippen LogP contribution in [-0.4, -0.2) is 28.0 Å². The molecule has 3 rings (SSSR count). The molecule has 0 aromatic carbocycles. The van der Waals surface area contributed by atoms with Gasteiger partial charge in [0.2, 0.25) is 0 Å². The van der Waals surface area contributed by atoms with E-state index < -0.39 is 11.9 Å². The maximum Gasteiger partial charge on any atom is 0.308 e. The third kappa shape index (κ3) is 2.22. The van der Waals surface area contributed by atoms with Crippen LogP contribution in [0.15, 0.2) is 6.20 Å². The third-order valence-electron chi connectivity index (χ3n) is 4.58. The minimum atomic E-state index is -0.777. The fourth-order valence-corrected chi connectivity index (χ4v) is 4.42. The van der Waals surface area contributed by atoms with Crippen LogP contribution in [-0.2, 0) is 11.2 Å². The van der Waals surface area contributed by atoms with Gasteiger partial charge in [0, 0.05) is 6.04 Å². The molecule has 4 atom stereocenters. The lowest BCUT2D eigenvalue weighted by Gasteiger charge is -2.28. The summed E-state index contributed by atoms with van der Waals surface area (Å²) in [7, 11) is 0. The van der Waals surface area contributed by atoms with Gasteiger partial charge in [0.15, 0.2) is 0 Å². The van der Waals surface area contributed by atoms with E-state index in [0.29, 0.717) is 10.8 Å². The molecule has 0 radical (unpaired) electrons. The number of hydrogen-bond donors (Lipinski definition) is 2. The molecule has 6 heteroatoms. The van der Waals surface area contributed by atoms with Gasteiger partial charge in [0.25, 0.3) is 5.91 Å². The fraction of sp³-hybridized carbons (Fsp3) is 0.643. The molecule has 1 aromatic rings. The van der Waals surface area contributed by atoms with Gasteiger partial charge >= 0.3 is 5.97 Å². The number of carboxylic acid groups (broad SMARTS) is 1. The van der Waals surface area contributed by atoms with Crippen molar-refractivity contribution in [3.8, 4) is 0 Å². The van der Waals surface area contributed by atoms with Gasteiger partial charge in [0.05, 0.1) is 17.1 Å². The molecule has 108 valence electrons. The Morgan fingerprint density at radius 3 is 2.85 bits per heavy atom. The van der Waals surface area contributed by atoms with Crippen molar-refractivity contribution in [2.24, 2.45) is 17.8 Å². The first kappa shape index (κ1) is 13.5. The fourth-order valence-electron chi connectivity index (χ4n) is 3.66. The Kier molecular flexibility index (Phi) is 3.50. The highest BCUT2D eigenvalue weighted by Gasteiger charge is 2.51. The molecular weight excluding hydrogens is 276 g/mol. The van der Waals surface area contributed by atoms with Crippen LogP contribution < -0.4 is 5.32 Å². The second-order valence-electron chi connectivity index (χ2n) is 5.67. The number of aromatic nitrogens is 1. The largest absolute Gasteiger partial charge is 0.481 e. The Bertz CT molecular complexity index is 542. The van der Waals surface area contributed by atoms with E-state index >= 15 is 0 Å². The smallest absolute Gasteiger partial charge is 0.308 e. The van der Waals surface area contributed by atoms with E-state index in [4.69, 9.17) is 0 Å². The zero-order chi connectivity index (χ0) is 14.3. The summed E-state index contributed by atoms with van der Waals surface area (Å²) in [5, 5.41) is 13.2. The van der Waals surface area contributed by atoms with Gasteiger partial charge in [0.1, 0.15) is 4.88 Å². The van der Waals surface area contributed by atoms with E-state index in [9.17, 15) is 14.7 Å². The highest BCUT2D eigenvalue weighted by molar-refractivity contribution is 7.13. The molecule has 20 heavy (non-hydrogen) atoms. The molecule has 0 aliphatic heterocycles. The van der Waals surface area contributed by atoms with Crippen LogP contribution in [0.3, 0.4) is 0 Å². The topological polar surface area (TPSA) is 79.3 Å². The van der Waals surface area contributed by atoms with Gasteiger partial charge in [-0.05, 0) is 37.5 Å². The van der Waals surface area contributed by atoms with E-state index in [1.165, 1.54) is 11.3 Å². The number of carbonyl (C=O) groups is 2. The molecule has 0 spiro atoms. The first-order chi connectivity index (χ1) is 9.60. The number of carboxylic acids is 1. The number of hydrogen-bond acceptors (Lipinski definition) is 4. The Morgan fingerprint density at radius 2 is 2.20 bits per heavy atom. The number of amides is 1. The van der Waals surface area contributed by atoms with Gasteiger partial charge in [-0.2, -0.15) is 0 Å². The lowest BCUT2D eigenvalue weighted by molar-refractivity contribution is -0.144. The summed E-state index contributed by atoms with van der Waals surface area (Å²) in [6.45, 7) is 2.00. The van der Waals surface area contributed by atoms with Crippen LogP contribution in [0.5, 0.6) is 0 Å². The van der Waals surface area contributed by atoms with E-state index in [1.54, 1.807) is 6.20 Å². The van der Waals surface area contributed by atoms with Crippen LogP contribution >= 0.6 is 11.3 Å². The highest BCUT2D eigenvalue weighted by atomic mass is 32.1. The van der Waals surface area contributed by atoms with E-state index in [1.807, 2.05) is 6.92 Å². The number of nitrogens with zero attached hydrogens (tertiary/aromatic N) is 1. The highest BCUT2D eigenvalue weighted by Crippen LogP contribution is 2.48. The minimum absolute atomic E-state index is 0.175. The summed E-state index contributed by atoms with van der Waals surface area (Å²) in [6, 6.07) is -0.217. The average molecular weight is 294 g/mol. The Hall–Kier alpha value is -1.43. The van der Waals surface area contributed by atoms with Crippen LogP contribution in [0, 0.1) is 17.8 Å². The monoisotopic (exact) mass is 294 g/mol. The zero-order valence-electron chi connectivity index (χ0n) is 11.3. The van der Waals surface area contributed by atoms with E-state index in [0.717, 1.165) is 30.7 Å². The second-order valence-corrected chi connectivity index (χ2v) is 6.78. The van der Waals surface area contributed by atoms with Crippen molar-refractivity contribution in [3.63, 3.8) is 0 Å². The molecule has 1 aromatic heterocycles. The molecule has 2 N–H and O–H groups in total. The summed E-state index contributed by atoms with van der Waals surface area (Å²) in [5.41, 5.74) is 0. The number of carbonyl (C=O) groups excluding carboxylic acids is 1. The van der Waals surface area contributed by atoms with Gasteiger partial charge in [-0.1, -0.05) is 6.92 Å². The molecule has 1 heterocycles. The minimum Gasteiger partial charge on any atom is -0.481 e. The number of fused-ring (bicyclic) bond motifs is 2. The van der Waals surface area contributed by atoms with Crippen molar-refractivity contribution in [1.82, 2.24) is 10.3 Å². The van der Waals surface area contributed by atoms with Gasteiger partial charge in [-0.15, -0.1) is 11.3 Å². The number of thiazole rings is 1. The molecule has 5 nitrogen and oxygen atoms in total. The molecule has 2 saturated carbocycles. The Balaban J connectivity index is 1.73. The van der Waals surface area contributed by atoms with E-state index in [-0.39, 0.29) is 17.9 Å². The predicted octanol–water partition coefficient (Wildman–Crippen LogP) is 1.93. The predicted molar refractivity (Wildman–Crippen MR) is 74.7 cm³/mol. The number of nitrogens with one attached hydrogen (secondary N) is 1. The number of rotatable bonds is 4. The van der Waals surface area contributed by atoms with Crippen molar-refractivity contribution >= 4 is 23.2 Å². The van der Waals surface area contributed by atoms with Crippen LogP contribution in [0.25, 0.3) is 0 Å². The Morgan fingerprint density at radius 1 is 1.45 bits per heavy atom. The molecule has 2 fully saturated rings. The Labute approximate surface area is 121 Å². The molecule has 2 bridgehead atoms. The standard InChI is InChI=1S/C14H18N2O3S/c1-2-10-15-6-9(20-10)13(17)16-12-8-4-3-7(5-8)11(12)14(18)19/h6-8,11-12H,2-5H2,1H3,(H,16,17)(H,18,19). The molecule has 1 amide bonds. The second kappa shape index (κ2) is 5.16. The van der Waals surface area contributed by atoms with Crippen LogP contribution in [0.4, 0.5) is 0 Å². The molecular formula is C14H18N2O3S. The van der Waals surface area contributed by atoms with Crippen molar-refractivity contribution in [1.29, 1.82) is 0 Å². The first-order valence-corrected chi connectivity index (χ1v) is 7.90. The van der Waals surface area contributed by atoms with Crippen molar-refractivity contribution in [3.05, 3.63) is 16.1 Å². The lowest BCUT2D eigenvalue weighted by atomic mass is 9.84. The average Bonchev–Trinajstić information content (AvgIpc) is 3.13. The molecule has 2 aliphatic carbocycles. The van der Waals surface area contributed by atoms with Crippen LogP contribution in [0.2, 0.25) is 0 Å². The molecule has 0 saturated heterocycles. The lowest BCUT2D eigenvalue weighted by Crippen LogP contribution is -2.46. The first-order valence-electron chi connectivity index (χ1n) is 7.08. The molecule has 2 aliphatic rings. The molecule has 4 unspecified atom stereocenters. The summed E-state index contributed by atoms with van der Waals surface area (Å²) in [4.78, 5) is 28.4. The number of aryl methyl sites for hydroxylation is 1. The third-order valence-corrected chi connectivity index (χ3v) is 5.72. The SMILES string of the molecule is CCc1ncc(C(=O)NC2C3CCC(C3)C2C(=O)O)s1.